The third-order valence-corrected chi connectivity index (χ3v) is 4.54. The Bertz CT molecular complexity index is 848. The van der Waals surface area contributed by atoms with Crippen molar-refractivity contribution in [2.45, 2.75) is 51.7 Å². The molecule has 1 aromatic carbocycles. The van der Waals surface area contributed by atoms with Crippen molar-refractivity contribution < 1.29 is 14.7 Å². The van der Waals surface area contributed by atoms with Crippen molar-refractivity contribution in [1.82, 2.24) is 14.0 Å². The highest BCUT2D eigenvalue weighted by Gasteiger charge is 2.33. The molecule has 1 fully saturated rings. The van der Waals surface area contributed by atoms with Crippen molar-refractivity contribution in [3.05, 3.63) is 34.7 Å². The lowest BCUT2D eigenvalue weighted by Crippen LogP contribution is -2.38. The van der Waals surface area contributed by atoms with Crippen molar-refractivity contribution >= 4 is 22.9 Å². The minimum atomic E-state index is -1.00. The van der Waals surface area contributed by atoms with Gasteiger partial charge in [-0.15, -0.1) is 0 Å². The highest BCUT2D eigenvalue weighted by molar-refractivity contribution is 5.82. The maximum Gasteiger partial charge on any atom is 0.329 e. The molecule has 134 valence electrons. The fourth-order valence-electron chi connectivity index (χ4n) is 3.23. The van der Waals surface area contributed by atoms with Crippen LogP contribution in [0.3, 0.4) is 0 Å². The Hall–Kier alpha value is -2.57. The van der Waals surface area contributed by atoms with Crippen LogP contribution in [0, 0.1) is 0 Å². The number of carbonyl (C=O) groups excluding carboxylic acids is 1. The number of rotatable bonds is 8. The molecule has 1 aliphatic rings. The number of nitrogens with zero attached hydrogens (tertiary/aromatic N) is 3. The summed E-state index contributed by atoms with van der Waals surface area (Å²) in [6.45, 7) is 2.64. The minimum Gasteiger partial charge on any atom is -0.480 e. The van der Waals surface area contributed by atoms with E-state index in [0.717, 1.165) is 30.3 Å². The molecular formula is C18H23N3O4. The summed E-state index contributed by atoms with van der Waals surface area (Å²) in [5, 5.41) is 8.99. The Morgan fingerprint density at radius 2 is 1.76 bits per heavy atom. The normalized spacial score (nSPS) is 14.0. The predicted molar refractivity (Wildman–Crippen MR) is 93.5 cm³/mol. The van der Waals surface area contributed by atoms with Crippen LogP contribution in [-0.2, 0) is 22.7 Å². The van der Waals surface area contributed by atoms with Crippen LogP contribution in [0.15, 0.2) is 29.1 Å². The lowest BCUT2D eigenvalue weighted by atomic mass is 10.3. The van der Waals surface area contributed by atoms with Gasteiger partial charge >= 0.3 is 11.7 Å². The first-order valence-corrected chi connectivity index (χ1v) is 8.72. The summed E-state index contributed by atoms with van der Waals surface area (Å²) in [7, 11) is 0. The van der Waals surface area contributed by atoms with E-state index in [9.17, 15) is 14.4 Å². The lowest BCUT2D eigenvalue weighted by molar-refractivity contribution is -0.145. The summed E-state index contributed by atoms with van der Waals surface area (Å²) < 4.78 is 3.35. The van der Waals surface area contributed by atoms with Crippen LogP contribution >= 0.6 is 0 Å². The number of aliphatic carboxylic acids is 1. The van der Waals surface area contributed by atoms with Gasteiger partial charge in [0.15, 0.2) is 0 Å². The van der Waals surface area contributed by atoms with Gasteiger partial charge in [0.2, 0.25) is 5.91 Å². The van der Waals surface area contributed by atoms with Gasteiger partial charge in [-0.25, -0.2) is 4.79 Å². The first-order chi connectivity index (χ1) is 12.0. The van der Waals surface area contributed by atoms with Crippen LogP contribution in [0.4, 0.5) is 0 Å². The van der Waals surface area contributed by atoms with Crippen LogP contribution < -0.4 is 5.69 Å². The van der Waals surface area contributed by atoms with Gasteiger partial charge in [-0.05, 0) is 31.4 Å². The maximum atomic E-state index is 12.7. The van der Waals surface area contributed by atoms with Crippen molar-refractivity contribution in [3.8, 4) is 0 Å². The predicted octanol–water partition coefficient (Wildman–Crippen LogP) is 1.68. The van der Waals surface area contributed by atoms with Crippen LogP contribution in [-0.4, -0.2) is 43.6 Å². The molecule has 3 rings (SSSR count). The molecule has 0 unspecified atom stereocenters. The number of aromatic nitrogens is 2. The summed E-state index contributed by atoms with van der Waals surface area (Å²) >= 11 is 0. The Morgan fingerprint density at radius 3 is 2.28 bits per heavy atom. The Kier molecular flexibility index (Phi) is 4.92. The van der Waals surface area contributed by atoms with Crippen LogP contribution in [0.25, 0.3) is 11.0 Å². The number of carboxylic acid groups (broad SMARTS) is 1. The number of para-hydroxylation sites is 2. The molecular weight excluding hydrogens is 322 g/mol. The zero-order chi connectivity index (χ0) is 18.0. The monoisotopic (exact) mass is 345 g/mol. The number of benzene rings is 1. The zero-order valence-electron chi connectivity index (χ0n) is 14.4. The number of hydrogen-bond acceptors (Lipinski definition) is 3. The van der Waals surface area contributed by atoms with Gasteiger partial charge < -0.3 is 10.0 Å². The molecule has 0 saturated heterocycles. The second-order valence-electron chi connectivity index (χ2n) is 6.47. The molecule has 7 heteroatoms. The van der Waals surface area contributed by atoms with Crippen LogP contribution in [0.5, 0.6) is 0 Å². The van der Waals surface area contributed by atoms with E-state index in [2.05, 4.69) is 0 Å². The number of aryl methyl sites for hydroxylation is 2. The van der Waals surface area contributed by atoms with Gasteiger partial charge in [0.25, 0.3) is 0 Å². The molecule has 1 aromatic heterocycles. The third-order valence-electron chi connectivity index (χ3n) is 4.54. The highest BCUT2D eigenvalue weighted by Crippen LogP contribution is 2.27. The van der Waals surface area contributed by atoms with E-state index >= 15 is 0 Å². The van der Waals surface area contributed by atoms with E-state index in [4.69, 9.17) is 5.11 Å². The highest BCUT2D eigenvalue weighted by atomic mass is 16.4. The molecule has 1 N–H and O–H groups in total. The molecule has 0 radical (unpaired) electrons. The molecule has 1 amide bonds. The number of hydrogen-bond donors (Lipinski definition) is 1. The van der Waals surface area contributed by atoms with Gasteiger partial charge in [-0.3, -0.25) is 18.7 Å². The molecule has 1 heterocycles. The van der Waals surface area contributed by atoms with Gasteiger partial charge in [-0.1, -0.05) is 19.1 Å². The molecule has 0 atom stereocenters. The van der Waals surface area contributed by atoms with E-state index < -0.39 is 5.97 Å². The standard InChI is InChI=1S/C18H23N3O4/c1-2-10-19-14-5-3-4-6-15(14)20(18(19)25)11-9-16(22)21(12-17(23)24)13-7-8-13/h3-6,13H,2,7-12H2,1H3,(H,23,24). The summed E-state index contributed by atoms with van der Waals surface area (Å²) in [5.74, 6) is -1.21. The topological polar surface area (TPSA) is 84.5 Å². The Balaban J connectivity index is 1.81. The van der Waals surface area contributed by atoms with Crippen LogP contribution in [0.1, 0.15) is 32.6 Å². The van der Waals surface area contributed by atoms with E-state index in [1.165, 1.54) is 4.90 Å². The molecule has 2 aromatic rings. The average molecular weight is 345 g/mol. The zero-order valence-corrected chi connectivity index (χ0v) is 14.4. The van der Waals surface area contributed by atoms with Crippen molar-refractivity contribution in [3.63, 3.8) is 0 Å². The van der Waals surface area contributed by atoms with E-state index in [-0.39, 0.29) is 37.1 Å². The molecule has 25 heavy (non-hydrogen) atoms. The quantitative estimate of drug-likeness (QED) is 0.789. The number of carboxylic acids is 1. The average Bonchev–Trinajstić information content (AvgIpc) is 3.39. The van der Waals surface area contributed by atoms with Gasteiger partial charge in [0.1, 0.15) is 6.54 Å². The number of carbonyl (C=O) groups is 2. The molecule has 1 saturated carbocycles. The molecule has 0 aliphatic heterocycles. The van der Waals surface area contributed by atoms with Crippen molar-refractivity contribution in [2.24, 2.45) is 0 Å². The first kappa shape index (κ1) is 17.3. The van der Waals surface area contributed by atoms with Crippen molar-refractivity contribution in [2.75, 3.05) is 6.54 Å². The molecule has 0 spiro atoms. The second-order valence-corrected chi connectivity index (χ2v) is 6.47. The fraction of sp³-hybridized carbons (Fsp3) is 0.500. The SMILES string of the molecule is CCCn1c(=O)n(CCC(=O)N(CC(=O)O)C2CC2)c2ccccc21. The van der Waals surface area contributed by atoms with Gasteiger partial charge in [0, 0.05) is 25.6 Å². The summed E-state index contributed by atoms with van der Waals surface area (Å²) in [5.41, 5.74) is 1.56. The Morgan fingerprint density at radius 1 is 1.16 bits per heavy atom. The Labute approximate surface area is 145 Å². The summed E-state index contributed by atoms with van der Waals surface area (Å²) in [6, 6.07) is 7.60. The van der Waals surface area contributed by atoms with Crippen LogP contribution in [0.2, 0.25) is 0 Å². The number of imidazole rings is 1. The summed E-state index contributed by atoms with van der Waals surface area (Å²) in [6.07, 6.45) is 2.69. The third kappa shape index (κ3) is 3.60. The molecule has 0 bridgehead atoms. The van der Waals surface area contributed by atoms with Gasteiger partial charge in [0.05, 0.1) is 11.0 Å². The molecule has 1 aliphatic carbocycles. The smallest absolute Gasteiger partial charge is 0.329 e. The van der Waals surface area contributed by atoms with E-state index in [1.54, 1.807) is 9.13 Å². The van der Waals surface area contributed by atoms with Gasteiger partial charge in [-0.2, -0.15) is 0 Å². The number of fused-ring (bicyclic) bond motifs is 1. The first-order valence-electron chi connectivity index (χ1n) is 8.72. The van der Waals surface area contributed by atoms with E-state index in [0.29, 0.717) is 6.54 Å². The van der Waals surface area contributed by atoms with Crippen molar-refractivity contribution in [1.29, 1.82) is 0 Å². The lowest BCUT2D eigenvalue weighted by Gasteiger charge is -2.20. The second kappa shape index (κ2) is 7.13. The number of amides is 1. The largest absolute Gasteiger partial charge is 0.480 e. The molecule has 7 nitrogen and oxygen atoms in total. The maximum absolute atomic E-state index is 12.7. The fourth-order valence-corrected chi connectivity index (χ4v) is 3.23. The minimum absolute atomic E-state index is 0.0433. The van der Waals surface area contributed by atoms with E-state index in [1.807, 2.05) is 31.2 Å². The summed E-state index contributed by atoms with van der Waals surface area (Å²) in [4.78, 5) is 37.5.